The topological polar surface area (TPSA) is 67.8 Å². The summed E-state index contributed by atoms with van der Waals surface area (Å²) in [6, 6.07) is 4.14. The number of methoxy groups -OCH3 is 2. The molecule has 20 heavy (non-hydrogen) atoms. The summed E-state index contributed by atoms with van der Waals surface area (Å²) >= 11 is 0. The molecule has 1 atom stereocenters. The van der Waals surface area contributed by atoms with E-state index in [1.165, 1.54) is 32.4 Å². The number of benzene rings is 1. The van der Waals surface area contributed by atoms with Gasteiger partial charge in [0.25, 0.3) is 5.91 Å². The van der Waals surface area contributed by atoms with Gasteiger partial charge in [-0.15, -0.1) is 0 Å². The van der Waals surface area contributed by atoms with Crippen molar-refractivity contribution in [3.63, 3.8) is 0 Å². The molecule has 0 aliphatic heterocycles. The smallest absolute Gasteiger partial charge is 0.258 e. The maximum absolute atomic E-state index is 13.7. The Morgan fingerprint density at radius 2 is 2.15 bits per heavy atom. The molecule has 0 spiro atoms. The highest BCUT2D eigenvalue weighted by Crippen LogP contribution is 2.21. The molecule has 0 saturated heterocycles. The van der Waals surface area contributed by atoms with Crippen molar-refractivity contribution in [2.24, 2.45) is 0 Å². The molecule has 1 amide bonds. The van der Waals surface area contributed by atoms with Crippen LogP contribution in [0.15, 0.2) is 18.2 Å². The lowest BCUT2D eigenvalue weighted by atomic mass is 10.0. The number of aliphatic hydroxyl groups is 1. The normalized spacial score (nSPS) is 13.7. The monoisotopic (exact) mass is 285 g/mol. The fraction of sp³-hybridized carbons (Fsp3) is 0.500. The summed E-state index contributed by atoms with van der Waals surface area (Å²) in [6.07, 6.45) is 0.359. The summed E-state index contributed by atoms with van der Waals surface area (Å²) in [4.78, 5) is 12.0. The largest absolute Gasteiger partial charge is 0.496 e. The maximum atomic E-state index is 13.7. The molecule has 0 bridgehead atoms. The van der Waals surface area contributed by atoms with E-state index in [1.807, 2.05) is 0 Å². The van der Waals surface area contributed by atoms with E-state index in [1.54, 1.807) is 6.92 Å². The van der Waals surface area contributed by atoms with Crippen molar-refractivity contribution in [2.45, 2.75) is 18.9 Å². The van der Waals surface area contributed by atoms with Crippen LogP contribution in [0.4, 0.5) is 4.39 Å². The standard InChI is InChI=1S/C14H20FNO4/c1-14(18,7-8-19-2)9-16-13(17)12-10(15)5-4-6-11(12)20-3/h4-6,18H,7-9H2,1-3H3,(H,16,17). The predicted molar refractivity (Wildman–Crippen MR) is 72.4 cm³/mol. The zero-order valence-electron chi connectivity index (χ0n) is 11.9. The first-order valence-electron chi connectivity index (χ1n) is 6.23. The zero-order valence-corrected chi connectivity index (χ0v) is 11.9. The van der Waals surface area contributed by atoms with Crippen molar-refractivity contribution in [1.82, 2.24) is 5.32 Å². The highest BCUT2D eigenvalue weighted by Gasteiger charge is 2.23. The van der Waals surface area contributed by atoms with Crippen molar-refractivity contribution < 1.29 is 23.8 Å². The van der Waals surface area contributed by atoms with Crippen molar-refractivity contribution in [3.05, 3.63) is 29.6 Å². The maximum Gasteiger partial charge on any atom is 0.258 e. The number of carbonyl (C=O) groups excluding carboxylic acids is 1. The molecule has 0 fully saturated rings. The van der Waals surface area contributed by atoms with Crippen LogP contribution in [0.5, 0.6) is 5.75 Å². The van der Waals surface area contributed by atoms with E-state index in [0.717, 1.165) is 0 Å². The molecule has 0 heterocycles. The molecule has 2 N–H and O–H groups in total. The van der Waals surface area contributed by atoms with Gasteiger partial charge >= 0.3 is 0 Å². The fourth-order valence-corrected chi connectivity index (χ4v) is 1.66. The molecule has 0 radical (unpaired) electrons. The summed E-state index contributed by atoms with van der Waals surface area (Å²) in [6.45, 7) is 1.93. The third kappa shape index (κ3) is 4.47. The minimum Gasteiger partial charge on any atom is -0.496 e. The minimum atomic E-state index is -1.12. The van der Waals surface area contributed by atoms with E-state index in [9.17, 15) is 14.3 Å². The Morgan fingerprint density at radius 3 is 2.75 bits per heavy atom. The fourth-order valence-electron chi connectivity index (χ4n) is 1.66. The summed E-state index contributed by atoms with van der Waals surface area (Å²) < 4.78 is 23.5. The average molecular weight is 285 g/mol. The van der Waals surface area contributed by atoms with Crippen LogP contribution in [0.2, 0.25) is 0 Å². The van der Waals surface area contributed by atoms with Crippen molar-refractivity contribution in [2.75, 3.05) is 27.4 Å². The predicted octanol–water partition coefficient (Wildman–Crippen LogP) is 1.35. The summed E-state index contributed by atoms with van der Waals surface area (Å²) in [5.41, 5.74) is -1.29. The van der Waals surface area contributed by atoms with Crippen LogP contribution in [-0.2, 0) is 4.74 Å². The highest BCUT2D eigenvalue weighted by atomic mass is 19.1. The number of rotatable bonds is 7. The zero-order chi connectivity index (χ0) is 15.2. The Hall–Kier alpha value is -1.66. The van der Waals surface area contributed by atoms with Crippen molar-refractivity contribution in [1.29, 1.82) is 0 Å². The highest BCUT2D eigenvalue weighted by molar-refractivity contribution is 5.97. The molecule has 1 aromatic rings. The minimum absolute atomic E-state index is 0.00726. The third-order valence-electron chi connectivity index (χ3n) is 2.90. The first-order chi connectivity index (χ1) is 9.41. The lowest BCUT2D eigenvalue weighted by Gasteiger charge is -2.23. The second-order valence-electron chi connectivity index (χ2n) is 4.74. The third-order valence-corrected chi connectivity index (χ3v) is 2.90. The second kappa shape index (κ2) is 7.21. The Kier molecular flexibility index (Phi) is 5.91. The number of amides is 1. The van der Waals surface area contributed by atoms with Gasteiger partial charge in [0.15, 0.2) is 0 Å². The molecule has 112 valence electrons. The van der Waals surface area contributed by atoms with Crippen LogP contribution >= 0.6 is 0 Å². The summed E-state index contributed by atoms with van der Waals surface area (Å²) in [5, 5.41) is 12.5. The van der Waals surface area contributed by atoms with Crippen molar-refractivity contribution >= 4 is 5.91 Å². The first-order valence-corrected chi connectivity index (χ1v) is 6.23. The molecule has 5 nitrogen and oxygen atoms in total. The van der Waals surface area contributed by atoms with Crippen LogP contribution in [0.25, 0.3) is 0 Å². The van der Waals surface area contributed by atoms with Crippen LogP contribution < -0.4 is 10.1 Å². The first kappa shape index (κ1) is 16.4. The van der Waals surface area contributed by atoms with Crippen molar-refractivity contribution in [3.8, 4) is 5.75 Å². The summed E-state index contributed by atoms with van der Waals surface area (Å²) in [7, 11) is 2.89. The van der Waals surface area contributed by atoms with E-state index in [4.69, 9.17) is 9.47 Å². The Labute approximate surface area is 117 Å². The Bertz CT molecular complexity index is 462. The van der Waals surface area contributed by atoms with Gasteiger partial charge in [-0.2, -0.15) is 0 Å². The molecule has 1 rings (SSSR count). The quantitative estimate of drug-likeness (QED) is 0.793. The number of carbonyl (C=O) groups is 1. The van der Waals surface area contributed by atoms with E-state index in [0.29, 0.717) is 13.0 Å². The van der Waals surface area contributed by atoms with Gasteiger partial charge < -0.3 is 19.9 Å². The number of hydrogen-bond acceptors (Lipinski definition) is 4. The van der Waals surface area contributed by atoms with Gasteiger partial charge in [0.2, 0.25) is 0 Å². The molecular formula is C14H20FNO4. The van der Waals surface area contributed by atoms with Gasteiger partial charge in [0, 0.05) is 26.7 Å². The number of hydrogen-bond donors (Lipinski definition) is 2. The van der Waals surface area contributed by atoms with E-state index < -0.39 is 17.3 Å². The lowest BCUT2D eigenvalue weighted by molar-refractivity contribution is 0.0242. The molecular weight excluding hydrogens is 265 g/mol. The van der Waals surface area contributed by atoms with Gasteiger partial charge in [0.1, 0.15) is 17.1 Å². The molecule has 1 unspecified atom stereocenters. The molecule has 0 aromatic heterocycles. The van der Waals surface area contributed by atoms with Gasteiger partial charge in [-0.05, 0) is 19.1 Å². The van der Waals surface area contributed by atoms with Gasteiger partial charge in [-0.3, -0.25) is 4.79 Å². The second-order valence-corrected chi connectivity index (χ2v) is 4.74. The van der Waals surface area contributed by atoms with E-state index in [-0.39, 0.29) is 17.9 Å². The van der Waals surface area contributed by atoms with E-state index in [2.05, 4.69) is 5.32 Å². The van der Waals surface area contributed by atoms with Gasteiger partial charge in [-0.25, -0.2) is 4.39 Å². The van der Waals surface area contributed by atoms with Crippen LogP contribution in [-0.4, -0.2) is 44.0 Å². The molecule has 6 heteroatoms. The van der Waals surface area contributed by atoms with E-state index >= 15 is 0 Å². The molecule has 0 aliphatic rings. The van der Waals surface area contributed by atoms with Crippen LogP contribution in [0, 0.1) is 5.82 Å². The van der Waals surface area contributed by atoms with Crippen LogP contribution in [0.3, 0.4) is 0 Å². The van der Waals surface area contributed by atoms with Gasteiger partial charge in [-0.1, -0.05) is 6.07 Å². The number of halogens is 1. The van der Waals surface area contributed by atoms with Gasteiger partial charge in [0.05, 0.1) is 12.7 Å². The van der Waals surface area contributed by atoms with Crippen LogP contribution in [0.1, 0.15) is 23.7 Å². The Morgan fingerprint density at radius 1 is 1.45 bits per heavy atom. The summed E-state index contributed by atoms with van der Waals surface area (Å²) in [5.74, 6) is -1.14. The molecule has 0 aliphatic carbocycles. The average Bonchev–Trinajstić information content (AvgIpc) is 2.42. The number of ether oxygens (including phenoxy) is 2. The molecule has 1 aromatic carbocycles. The Balaban J connectivity index is 2.73. The SMILES string of the molecule is COCCC(C)(O)CNC(=O)c1c(F)cccc1OC. The molecule has 0 saturated carbocycles. The lowest BCUT2D eigenvalue weighted by Crippen LogP contribution is -2.41. The number of nitrogens with one attached hydrogen (secondary N) is 1.